The quantitative estimate of drug-likeness (QED) is 0.0520. The molecule has 0 aliphatic carbocycles. The van der Waals surface area contributed by atoms with Crippen molar-refractivity contribution in [3.8, 4) is 44.5 Å². The van der Waals surface area contributed by atoms with Crippen LogP contribution in [0.1, 0.15) is 113 Å². The minimum Gasteiger partial charge on any atom is -0.477 e. The molecule has 0 aliphatic rings. The molecule has 11 aromatic rings. The fourth-order valence-corrected chi connectivity index (χ4v) is 12.8. The molecule has 12 nitrogen and oxygen atoms in total. The molecular weight excluding hydrogens is 1470 g/mol. The molecule has 2 N–H and O–H groups in total. The average Bonchev–Trinajstić information content (AvgIpc) is 1.60. The second kappa shape index (κ2) is 34.9. The smallest absolute Gasteiger partial charge is 0.431 e. The summed E-state index contributed by atoms with van der Waals surface area (Å²) >= 11 is 41.7. The second-order valence-electron chi connectivity index (χ2n) is 22.8. The van der Waals surface area contributed by atoms with Crippen molar-refractivity contribution in [2.45, 2.75) is 80.5 Å². The van der Waals surface area contributed by atoms with Gasteiger partial charge in [-0.3, -0.25) is 0 Å². The lowest BCUT2D eigenvalue weighted by Crippen LogP contribution is -2.20. The summed E-state index contributed by atoms with van der Waals surface area (Å²) in [5.41, 5.74) is 6.85. The first kappa shape index (κ1) is 78.9. The summed E-state index contributed by atoms with van der Waals surface area (Å²) in [6, 6.07) is 47.5. The molecule has 0 fully saturated rings. The highest BCUT2D eigenvalue weighted by atomic mass is 35.5. The van der Waals surface area contributed by atoms with E-state index in [4.69, 9.17) is 95.4 Å². The molecule has 0 bridgehead atoms. The van der Waals surface area contributed by atoms with Crippen molar-refractivity contribution in [2.75, 3.05) is 19.8 Å². The molecule has 102 heavy (non-hydrogen) atoms. The van der Waals surface area contributed by atoms with Gasteiger partial charge in [0.1, 0.15) is 34.2 Å². The standard InChI is InChI=1S/C22H18Cl2F3NO2.C21H19Cl2NO2.C20H14Cl2F3NO2.C14H14ClNO2/c1-3-30-21(29)19-18(15-7-9-16(23)10-8-15)13(2)20(22(25,26)27)28(19)12-14-5-4-6-17(24)11-14;1-3-26-21(25)20-19(16-7-9-17(22)10-8-16)14(2)12-24(20)13-15-5-4-6-18(23)11-15;1-11-16(13-5-7-14(21)8-6-13)17(19(27)28)26(18(11)20(23,24)25)10-12-3-2-4-15(22)9-12;1-3-18-14(17)13-12(9(2)8-16-13)10-4-6-11(15)7-5-10/h4-11H,3,12H2,1-2H3;4-12H,3,13H2,1-2H3;2-9H,10H2,1H3,(H,27,28);4-8,16H,3H2,1-2H3. The molecule has 0 spiro atoms. The third-order valence-corrected chi connectivity index (χ3v) is 17.5. The zero-order valence-electron chi connectivity index (χ0n) is 55.6. The Labute approximate surface area is 619 Å². The zero-order valence-corrected chi connectivity index (χ0v) is 60.9. The largest absolute Gasteiger partial charge is 0.477 e. The highest BCUT2D eigenvalue weighted by Gasteiger charge is 2.43. The first-order valence-electron chi connectivity index (χ1n) is 31.3. The number of H-pyrrole nitrogens is 1. The highest BCUT2D eigenvalue weighted by Crippen LogP contribution is 2.44. The van der Waals surface area contributed by atoms with Crippen molar-refractivity contribution in [3.05, 3.63) is 291 Å². The van der Waals surface area contributed by atoms with E-state index < -0.39 is 41.4 Å². The van der Waals surface area contributed by atoms with Gasteiger partial charge in [0, 0.05) is 89.4 Å². The monoisotopic (exact) mass is 1530 g/mol. The number of alkyl halides is 6. The van der Waals surface area contributed by atoms with Gasteiger partial charge in [0.2, 0.25) is 0 Å². The van der Waals surface area contributed by atoms with Crippen molar-refractivity contribution in [2.24, 2.45) is 0 Å². The number of aromatic amines is 1. The molecule has 0 radical (unpaired) electrons. The molecule has 0 unspecified atom stereocenters. The number of carbonyl (C=O) groups excluding carboxylic acids is 3. The van der Waals surface area contributed by atoms with Gasteiger partial charge in [0.25, 0.3) is 0 Å². The van der Waals surface area contributed by atoms with Gasteiger partial charge in [0.05, 0.1) is 19.8 Å². The van der Waals surface area contributed by atoms with Gasteiger partial charge in [-0.25, -0.2) is 19.2 Å². The van der Waals surface area contributed by atoms with Gasteiger partial charge in [-0.1, -0.05) is 166 Å². The second-order valence-corrected chi connectivity index (χ2v) is 25.9. The van der Waals surface area contributed by atoms with Crippen LogP contribution < -0.4 is 0 Å². The number of rotatable bonds is 17. The van der Waals surface area contributed by atoms with Crippen molar-refractivity contribution in [1.82, 2.24) is 18.7 Å². The number of nitrogens with one attached hydrogen (secondary N) is 1. The van der Waals surface area contributed by atoms with Crippen molar-refractivity contribution in [3.63, 3.8) is 0 Å². The van der Waals surface area contributed by atoms with Crippen LogP contribution in [0.3, 0.4) is 0 Å². The lowest BCUT2D eigenvalue weighted by Gasteiger charge is -2.16. The van der Waals surface area contributed by atoms with Gasteiger partial charge in [-0.05, 0) is 195 Å². The molecule has 0 aliphatic heterocycles. The Hall–Kier alpha value is -8.85. The van der Waals surface area contributed by atoms with Crippen molar-refractivity contribution in [1.29, 1.82) is 0 Å². The van der Waals surface area contributed by atoms with Crippen LogP contribution >= 0.6 is 81.2 Å². The number of benzene rings is 7. The Balaban J connectivity index is 0.000000175. The highest BCUT2D eigenvalue weighted by molar-refractivity contribution is 6.32. The van der Waals surface area contributed by atoms with E-state index in [0.717, 1.165) is 48.1 Å². The molecule has 0 amide bonds. The molecule has 11 rings (SSSR count). The summed E-state index contributed by atoms with van der Waals surface area (Å²) in [4.78, 5) is 52.3. The lowest BCUT2D eigenvalue weighted by molar-refractivity contribution is -0.144. The molecule has 0 atom stereocenters. The number of hydrogen-bond acceptors (Lipinski definition) is 7. The van der Waals surface area contributed by atoms with Crippen LogP contribution in [0.2, 0.25) is 35.2 Å². The Morgan fingerprint density at radius 2 is 0.745 bits per heavy atom. The van der Waals surface area contributed by atoms with Gasteiger partial charge in [-0.2, -0.15) is 26.3 Å². The average molecular weight is 1540 g/mol. The number of aryl methyl sites for hydroxylation is 2. The minimum absolute atomic E-state index is 0.0125. The summed E-state index contributed by atoms with van der Waals surface area (Å²) in [5.74, 6) is -2.96. The molecule has 0 saturated carbocycles. The van der Waals surface area contributed by atoms with E-state index in [0.29, 0.717) is 88.6 Å². The number of carbonyl (C=O) groups is 4. The fraction of sp³-hybridized carbons (Fsp3) is 0.195. The Kier molecular flexibility index (Phi) is 27.0. The van der Waals surface area contributed by atoms with Crippen LogP contribution in [0.15, 0.2) is 182 Å². The maximum atomic E-state index is 14.1. The van der Waals surface area contributed by atoms with E-state index in [1.54, 1.807) is 106 Å². The van der Waals surface area contributed by atoms with E-state index in [-0.39, 0.29) is 59.6 Å². The predicted octanol–water partition coefficient (Wildman–Crippen LogP) is 23.4. The van der Waals surface area contributed by atoms with Gasteiger partial charge in [-0.15, -0.1) is 0 Å². The maximum Gasteiger partial charge on any atom is 0.431 e. The van der Waals surface area contributed by atoms with E-state index in [9.17, 15) is 50.6 Å². The van der Waals surface area contributed by atoms with E-state index in [2.05, 4.69) is 4.98 Å². The van der Waals surface area contributed by atoms with E-state index in [1.807, 2.05) is 85.3 Å². The number of ether oxygens (including phenoxy) is 3. The normalized spacial score (nSPS) is 11.2. The Bertz CT molecular complexity index is 4790. The topological polar surface area (TPSA) is 147 Å². The number of carboxylic acid groups (broad SMARTS) is 1. The fourth-order valence-electron chi connectivity index (χ4n) is 11.7. The van der Waals surface area contributed by atoms with Crippen LogP contribution in [0, 0.1) is 27.7 Å². The molecule has 0 saturated heterocycles. The summed E-state index contributed by atoms with van der Waals surface area (Å²) in [6.07, 6.45) is -5.65. The van der Waals surface area contributed by atoms with E-state index in [1.165, 1.54) is 44.2 Å². The summed E-state index contributed by atoms with van der Waals surface area (Å²) in [5, 5.41) is 13.3. The van der Waals surface area contributed by atoms with Crippen LogP contribution in [0.5, 0.6) is 0 Å². The number of hydrogen-bond donors (Lipinski definition) is 2. The van der Waals surface area contributed by atoms with Gasteiger partial charge >= 0.3 is 36.2 Å². The number of carboxylic acids is 1. The Morgan fingerprint density at radius 1 is 0.412 bits per heavy atom. The van der Waals surface area contributed by atoms with Crippen LogP contribution in [-0.2, 0) is 46.2 Å². The summed E-state index contributed by atoms with van der Waals surface area (Å²) in [7, 11) is 0. The SMILES string of the molecule is CCOC(=O)c1[nH]cc(C)c1-c1ccc(Cl)cc1.CCOC(=O)c1c(-c2ccc(Cl)cc2)c(C)c(C(F)(F)F)n1Cc1cccc(Cl)c1.CCOC(=O)c1c(-c2ccc(Cl)cc2)c(C)cn1Cc1cccc(Cl)c1.Cc1c(-c2ccc(Cl)cc2)c(C(=O)O)n(Cc2cccc(Cl)c2)c1C(F)(F)F. The third-order valence-electron chi connectivity index (χ3n) is 15.7. The van der Waals surface area contributed by atoms with Gasteiger partial charge in [0.15, 0.2) is 0 Å². The zero-order chi connectivity index (χ0) is 74.5. The van der Waals surface area contributed by atoms with Gasteiger partial charge < -0.3 is 38.0 Å². The molecule has 25 heteroatoms. The molecule has 7 aromatic carbocycles. The molecule has 4 aromatic heterocycles. The number of esters is 3. The minimum atomic E-state index is -4.74. The van der Waals surface area contributed by atoms with Crippen LogP contribution in [0.4, 0.5) is 26.3 Å². The van der Waals surface area contributed by atoms with Crippen LogP contribution in [-0.4, -0.2) is 67.5 Å². The predicted molar refractivity (Wildman–Crippen MR) is 391 cm³/mol. The third kappa shape index (κ3) is 19.5. The van der Waals surface area contributed by atoms with Crippen molar-refractivity contribution < 1.29 is 64.8 Å². The maximum absolute atomic E-state index is 14.1. The number of halogens is 13. The number of nitrogens with zero attached hydrogens (tertiary/aromatic N) is 3. The molecule has 532 valence electrons. The summed E-state index contributed by atoms with van der Waals surface area (Å²) < 4.78 is 103. The van der Waals surface area contributed by atoms with Crippen molar-refractivity contribution >= 4 is 105 Å². The number of aromatic carboxylic acids is 1. The molecular formula is C77H65Cl7F6N4O8. The Morgan fingerprint density at radius 3 is 1.11 bits per heavy atom. The first-order valence-corrected chi connectivity index (χ1v) is 34.0. The number of aromatic nitrogens is 4. The lowest BCUT2D eigenvalue weighted by atomic mass is 10.0. The summed E-state index contributed by atoms with van der Waals surface area (Å²) in [6.45, 7) is 12.5. The van der Waals surface area contributed by atoms with Crippen LogP contribution in [0.25, 0.3) is 44.5 Å². The molecule has 4 heterocycles. The van der Waals surface area contributed by atoms with E-state index >= 15 is 0 Å². The first-order chi connectivity index (χ1) is 48.3.